The molecule has 1 amide bonds. The lowest BCUT2D eigenvalue weighted by atomic mass is 9.92. The first kappa shape index (κ1) is 12.6. The molecule has 0 radical (unpaired) electrons. The number of piperidine rings is 1. The van der Waals surface area contributed by atoms with Gasteiger partial charge in [0.25, 0.3) is 5.91 Å². The number of amides is 1. The van der Waals surface area contributed by atoms with Gasteiger partial charge in [0.2, 0.25) is 0 Å². The van der Waals surface area contributed by atoms with Crippen LogP contribution >= 0.6 is 15.9 Å². The summed E-state index contributed by atoms with van der Waals surface area (Å²) in [7, 11) is 0. The zero-order chi connectivity index (χ0) is 12.4. The first-order valence-electron chi connectivity index (χ1n) is 5.79. The van der Waals surface area contributed by atoms with Crippen molar-refractivity contribution in [3.63, 3.8) is 0 Å². The minimum atomic E-state index is -0.282. The summed E-state index contributed by atoms with van der Waals surface area (Å²) in [6.07, 6.45) is 2.91. The lowest BCUT2D eigenvalue weighted by Gasteiger charge is -2.33. The van der Waals surface area contributed by atoms with Gasteiger partial charge in [-0.05, 0) is 41.6 Å². The summed E-state index contributed by atoms with van der Waals surface area (Å²) in [5.41, 5.74) is 0.576. The fourth-order valence-electron chi connectivity index (χ4n) is 2.19. The molecule has 0 saturated carbocycles. The van der Waals surface area contributed by atoms with Gasteiger partial charge in [0, 0.05) is 19.2 Å². The van der Waals surface area contributed by atoms with Crippen molar-refractivity contribution >= 4 is 21.8 Å². The van der Waals surface area contributed by atoms with E-state index in [1.54, 1.807) is 6.07 Å². The SMILES string of the molecule is CC(O)C1CCN(C(=O)c2coc(Br)c2)CC1. The maximum atomic E-state index is 12.1. The number of aliphatic hydroxyl groups excluding tert-OH is 1. The molecule has 0 spiro atoms. The molecule has 1 unspecified atom stereocenters. The Kier molecular flexibility index (Phi) is 3.89. The van der Waals surface area contributed by atoms with Crippen molar-refractivity contribution in [3.05, 3.63) is 22.6 Å². The van der Waals surface area contributed by atoms with E-state index in [2.05, 4.69) is 15.9 Å². The molecule has 17 heavy (non-hydrogen) atoms. The lowest BCUT2D eigenvalue weighted by molar-refractivity contribution is 0.0521. The Balaban J connectivity index is 1.95. The Morgan fingerprint density at radius 3 is 2.71 bits per heavy atom. The molecule has 1 aliphatic rings. The van der Waals surface area contributed by atoms with E-state index in [0.29, 0.717) is 29.2 Å². The van der Waals surface area contributed by atoms with E-state index in [9.17, 15) is 9.90 Å². The predicted molar refractivity (Wildman–Crippen MR) is 66.7 cm³/mol. The molecular weight excluding hydrogens is 286 g/mol. The molecule has 1 N–H and O–H groups in total. The van der Waals surface area contributed by atoms with Gasteiger partial charge in [-0.2, -0.15) is 0 Å². The molecule has 2 rings (SSSR count). The van der Waals surface area contributed by atoms with Crippen LogP contribution in [0.1, 0.15) is 30.1 Å². The van der Waals surface area contributed by atoms with Crippen molar-refractivity contribution in [3.8, 4) is 0 Å². The van der Waals surface area contributed by atoms with Gasteiger partial charge in [0.1, 0.15) is 6.26 Å². The largest absolute Gasteiger partial charge is 0.457 e. The Morgan fingerprint density at radius 1 is 1.59 bits per heavy atom. The van der Waals surface area contributed by atoms with Gasteiger partial charge < -0.3 is 14.4 Å². The van der Waals surface area contributed by atoms with Crippen molar-refractivity contribution in [1.82, 2.24) is 4.90 Å². The van der Waals surface area contributed by atoms with Crippen LogP contribution in [0.25, 0.3) is 0 Å². The smallest absolute Gasteiger partial charge is 0.257 e. The maximum Gasteiger partial charge on any atom is 0.257 e. The minimum absolute atomic E-state index is 0.00323. The first-order chi connectivity index (χ1) is 8.08. The average molecular weight is 302 g/mol. The van der Waals surface area contributed by atoms with Crippen LogP contribution in [-0.4, -0.2) is 35.1 Å². The van der Waals surface area contributed by atoms with Gasteiger partial charge in [-0.3, -0.25) is 4.79 Å². The number of aliphatic hydroxyl groups is 1. The van der Waals surface area contributed by atoms with Crippen molar-refractivity contribution in [2.45, 2.75) is 25.9 Å². The van der Waals surface area contributed by atoms with E-state index >= 15 is 0 Å². The Bertz CT molecular complexity index is 394. The van der Waals surface area contributed by atoms with E-state index in [-0.39, 0.29) is 12.0 Å². The van der Waals surface area contributed by atoms with Crippen molar-refractivity contribution in [1.29, 1.82) is 0 Å². The molecule has 1 aliphatic heterocycles. The molecule has 1 aromatic rings. The van der Waals surface area contributed by atoms with Gasteiger partial charge in [-0.1, -0.05) is 0 Å². The highest BCUT2D eigenvalue weighted by molar-refractivity contribution is 9.10. The molecule has 2 heterocycles. The predicted octanol–water partition coefficient (Wildman–Crippen LogP) is 2.28. The number of hydrogen-bond acceptors (Lipinski definition) is 3. The summed E-state index contributed by atoms with van der Waals surface area (Å²) in [6.45, 7) is 3.23. The van der Waals surface area contributed by atoms with Crippen molar-refractivity contribution in [2.75, 3.05) is 13.1 Å². The normalized spacial score (nSPS) is 19.4. The van der Waals surface area contributed by atoms with Gasteiger partial charge >= 0.3 is 0 Å². The fourth-order valence-corrected chi connectivity index (χ4v) is 2.53. The third-order valence-corrected chi connectivity index (χ3v) is 3.74. The second-order valence-electron chi connectivity index (χ2n) is 4.51. The molecule has 1 fully saturated rings. The minimum Gasteiger partial charge on any atom is -0.457 e. The summed E-state index contributed by atoms with van der Waals surface area (Å²) in [4.78, 5) is 13.9. The maximum absolute atomic E-state index is 12.1. The van der Waals surface area contributed by atoms with E-state index in [1.807, 2.05) is 11.8 Å². The van der Waals surface area contributed by atoms with Crippen molar-refractivity contribution in [2.24, 2.45) is 5.92 Å². The van der Waals surface area contributed by atoms with Crippen LogP contribution in [0.15, 0.2) is 21.4 Å². The number of furan rings is 1. The second-order valence-corrected chi connectivity index (χ2v) is 5.29. The first-order valence-corrected chi connectivity index (χ1v) is 6.58. The van der Waals surface area contributed by atoms with Gasteiger partial charge in [-0.25, -0.2) is 0 Å². The summed E-state index contributed by atoms with van der Waals surface area (Å²) in [6, 6.07) is 1.68. The average Bonchev–Trinajstić information content (AvgIpc) is 2.75. The van der Waals surface area contributed by atoms with Gasteiger partial charge in [0.05, 0.1) is 11.7 Å². The molecule has 1 aromatic heterocycles. The number of nitrogens with zero attached hydrogens (tertiary/aromatic N) is 1. The van der Waals surface area contributed by atoms with Crippen LogP contribution in [0, 0.1) is 5.92 Å². The Morgan fingerprint density at radius 2 is 2.24 bits per heavy atom. The van der Waals surface area contributed by atoms with Crippen LogP contribution in [0.2, 0.25) is 0 Å². The Hall–Kier alpha value is -0.810. The Labute approximate surface area is 109 Å². The molecule has 0 aromatic carbocycles. The molecule has 0 bridgehead atoms. The third kappa shape index (κ3) is 2.90. The van der Waals surface area contributed by atoms with E-state index in [1.165, 1.54) is 6.26 Å². The summed E-state index contributed by atoms with van der Waals surface area (Å²) in [5.74, 6) is 0.318. The number of carbonyl (C=O) groups is 1. The quantitative estimate of drug-likeness (QED) is 0.912. The van der Waals surface area contributed by atoms with E-state index in [0.717, 1.165) is 12.8 Å². The van der Waals surface area contributed by atoms with Crippen LogP contribution in [0.5, 0.6) is 0 Å². The third-order valence-electron chi connectivity index (χ3n) is 3.32. The van der Waals surface area contributed by atoms with Gasteiger partial charge in [-0.15, -0.1) is 0 Å². The molecule has 1 atom stereocenters. The number of likely N-dealkylation sites (tertiary alicyclic amines) is 1. The molecule has 5 heteroatoms. The monoisotopic (exact) mass is 301 g/mol. The zero-order valence-electron chi connectivity index (χ0n) is 9.73. The highest BCUT2D eigenvalue weighted by atomic mass is 79.9. The van der Waals surface area contributed by atoms with Crippen LogP contribution in [-0.2, 0) is 0 Å². The highest BCUT2D eigenvalue weighted by Crippen LogP contribution is 2.23. The summed E-state index contributed by atoms with van der Waals surface area (Å²) >= 11 is 3.18. The standard InChI is InChI=1S/C12H16BrNO3/c1-8(15)9-2-4-14(5-3-9)12(16)10-6-11(13)17-7-10/h6-9,15H,2-5H2,1H3. The topological polar surface area (TPSA) is 53.7 Å². The summed E-state index contributed by atoms with van der Waals surface area (Å²) < 4.78 is 5.63. The second kappa shape index (κ2) is 5.23. The number of rotatable bonds is 2. The number of carbonyl (C=O) groups excluding carboxylic acids is 1. The van der Waals surface area contributed by atoms with Crippen LogP contribution in [0.4, 0.5) is 0 Å². The van der Waals surface area contributed by atoms with E-state index < -0.39 is 0 Å². The fraction of sp³-hybridized carbons (Fsp3) is 0.583. The van der Waals surface area contributed by atoms with Crippen molar-refractivity contribution < 1.29 is 14.3 Å². The molecule has 94 valence electrons. The van der Waals surface area contributed by atoms with Crippen LogP contribution < -0.4 is 0 Å². The highest BCUT2D eigenvalue weighted by Gasteiger charge is 2.26. The molecule has 1 saturated heterocycles. The molecular formula is C12H16BrNO3. The van der Waals surface area contributed by atoms with Gasteiger partial charge in [0.15, 0.2) is 4.67 Å². The number of halogens is 1. The lowest BCUT2D eigenvalue weighted by Crippen LogP contribution is -2.40. The summed E-state index contributed by atoms with van der Waals surface area (Å²) in [5, 5.41) is 9.50. The number of hydrogen-bond donors (Lipinski definition) is 1. The molecule has 0 aliphatic carbocycles. The van der Waals surface area contributed by atoms with Crippen LogP contribution in [0.3, 0.4) is 0 Å². The molecule has 4 nitrogen and oxygen atoms in total. The zero-order valence-corrected chi connectivity index (χ0v) is 11.3. The van der Waals surface area contributed by atoms with E-state index in [4.69, 9.17) is 4.42 Å².